The van der Waals surface area contributed by atoms with Gasteiger partial charge < -0.3 is 64.2 Å². The van der Waals surface area contributed by atoms with E-state index in [2.05, 4.69) is 26.0 Å². The van der Waals surface area contributed by atoms with Crippen molar-refractivity contribution in [3.05, 3.63) is 24.3 Å². The minimum atomic E-state index is -1.77. The Bertz CT molecular complexity index is 1250. The summed E-state index contributed by atoms with van der Waals surface area (Å²) in [6, 6.07) is 0. The van der Waals surface area contributed by atoms with Gasteiger partial charge in [0.2, 0.25) is 0 Å². The Morgan fingerprint density at radius 2 is 0.939 bits per heavy atom. The molecule has 0 bridgehead atoms. The van der Waals surface area contributed by atoms with Gasteiger partial charge in [0.1, 0.15) is 55.4 Å². The Hall–Kier alpha value is -2.02. The first kappa shape index (κ1) is 60.1. The van der Waals surface area contributed by atoms with Crippen molar-refractivity contribution in [2.75, 3.05) is 26.4 Å². The molecule has 0 aromatic heterocycles. The lowest BCUT2D eigenvalue weighted by molar-refractivity contribution is -0.332. The van der Waals surface area contributed by atoms with E-state index in [0.29, 0.717) is 12.8 Å². The highest BCUT2D eigenvalue weighted by Gasteiger charge is 2.47. The fraction of sp³-hybridized carbons (Fsp3) is 0.882. The molecule has 66 heavy (non-hydrogen) atoms. The first-order valence-corrected chi connectivity index (χ1v) is 25.9. The van der Waals surface area contributed by atoms with E-state index >= 15 is 0 Å². The van der Waals surface area contributed by atoms with Gasteiger partial charge in [0, 0.05) is 12.8 Å². The van der Waals surface area contributed by atoms with Crippen molar-refractivity contribution in [3.8, 4) is 0 Å². The van der Waals surface area contributed by atoms with Crippen LogP contribution in [0.4, 0.5) is 0 Å². The monoisotopic (exact) mass is 945 g/mol. The number of hydrogen-bond acceptors (Lipinski definition) is 15. The highest BCUT2D eigenvalue weighted by atomic mass is 16.7. The molecule has 11 atom stereocenters. The molecule has 15 nitrogen and oxygen atoms in total. The highest BCUT2D eigenvalue weighted by Crippen LogP contribution is 2.26. The molecule has 2 heterocycles. The van der Waals surface area contributed by atoms with Crippen molar-refractivity contribution in [1.82, 2.24) is 0 Å². The SMILES string of the molecule is CCCCCCCC/C=C/C/C=C/CCC(=O)OC(COC(=O)CCCCCCCCCCCCCCCCCCC)CO[C@@H]1O[C@H](CO[C@@H]2O[C@H](CO)[C@H](O)C(O)C2O)[C@H](O)C(O)C1O. The zero-order chi connectivity index (χ0) is 48.2. The normalized spacial score (nSPS) is 26.3. The molecule has 2 aliphatic heterocycles. The summed E-state index contributed by atoms with van der Waals surface area (Å²) in [6.07, 6.45) is 22.3. The molecule has 0 aliphatic carbocycles. The minimum absolute atomic E-state index is 0.0620. The maximum Gasteiger partial charge on any atom is 0.306 e. The van der Waals surface area contributed by atoms with E-state index in [1.165, 1.54) is 122 Å². The topological polar surface area (TPSA) is 231 Å². The lowest BCUT2D eigenvalue weighted by Gasteiger charge is -2.42. The molecular weight excluding hydrogens is 853 g/mol. The third-order valence-corrected chi connectivity index (χ3v) is 12.4. The number of ether oxygens (including phenoxy) is 6. The zero-order valence-corrected chi connectivity index (χ0v) is 40.7. The lowest BCUT2D eigenvalue weighted by Crippen LogP contribution is -2.61. The summed E-state index contributed by atoms with van der Waals surface area (Å²) in [6.45, 7) is 2.54. The molecule has 2 fully saturated rings. The van der Waals surface area contributed by atoms with Crippen LogP contribution in [0.15, 0.2) is 24.3 Å². The number of aliphatic hydroxyl groups is 7. The largest absolute Gasteiger partial charge is 0.462 e. The van der Waals surface area contributed by atoms with Crippen LogP contribution in [-0.4, -0.2) is 142 Å². The molecular formula is C51H92O15. The summed E-state index contributed by atoms with van der Waals surface area (Å²) in [5.74, 6) is -0.996. The number of esters is 2. The van der Waals surface area contributed by atoms with E-state index in [1.807, 2.05) is 12.2 Å². The van der Waals surface area contributed by atoms with Gasteiger partial charge in [0.15, 0.2) is 18.7 Å². The molecule has 5 unspecified atom stereocenters. The average Bonchev–Trinajstić information content (AvgIpc) is 3.31. The molecule has 2 saturated heterocycles. The average molecular weight is 945 g/mol. The van der Waals surface area contributed by atoms with Gasteiger partial charge in [-0.25, -0.2) is 0 Å². The molecule has 15 heteroatoms. The fourth-order valence-electron chi connectivity index (χ4n) is 8.15. The van der Waals surface area contributed by atoms with Crippen molar-refractivity contribution < 1.29 is 73.8 Å². The first-order chi connectivity index (χ1) is 32.0. The summed E-state index contributed by atoms with van der Waals surface area (Å²) in [7, 11) is 0. The third-order valence-electron chi connectivity index (χ3n) is 12.4. The van der Waals surface area contributed by atoms with E-state index in [1.54, 1.807) is 0 Å². The van der Waals surface area contributed by atoms with Crippen LogP contribution in [0, 0.1) is 0 Å². The summed E-state index contributed by atoms with van der Waals surface area (Å²) < 4.78 is 33.5. The van der Waals surface area contributed by atoms with Gasteiger partial charge in [0.25, 0.3) is 0 Å². The van der Waals surface area contributed by atoms with Gasteiger partial charge in [-0.2, -0.15) is 0 Å². The van der Waals surface area contributed by atoms with Crippen molar-refractivity contribution >= 4 is 11.9 Å². The maximum atomic E-state index is 12.9. The number of hydrogen-bond donors (Lipinski definition) is 7. The fourth-order valence-corrected chi connectivity index (χ4v) is 8.15. The first-order valence-electron chi connectivity index (χ1n) is 25.9. The zero-order valence-electron chi connectivity index (χ0n) is 40.7. The van der Waals surface area contributed by atoms with Gasteiger partial charge in [0.05, 0.1) is 19.8 Å². The van der Waals surface area contributed by atoms with Crippen molar-refractivity contribution in [2.24, 2.45) is 0 Å². The van der Waals surface area contributed by atoms with E-state index in [-0.39, 0.29) is 19.4 Å². The van der Waals surface area contributed by atoms with Crippen molar-refractivity contribution in [2.45, 2.75) is 261 Å². The number of allylic oxidation sites excluding steroid dienone is 4. The third kappa shape index (κ3) is 26.7. The van der Waals surface area contributed by atoms with Crippen molar-refractivity contribution in [1.29, 1.82) is 0 Å². The molecule has 0 saturated carbocycles. The summed E-state index contributed by atoms with van der Waals surface area (Å²) in [4.78, 5) is 25.7. The molecule has 0 aromatic carbocycles. The molecule has 7 N–H and O–H groups in total. The number of rotatable bonds is 40. The van der Waals surface area contributed by atoms with Crippen LogP contribution < -0.4 is 0 Å². The Labute approximate surface area is 396 Å². The highest BCUT2D eigenvalue weighted by molar-refractivity contribution is 5.70. The maximum absolute atomic E-state index is 12.9. The minimum Gasteiger partial charge on any atom is -0.462 e. The van der Waals surface area contributed by atoms with Crippen LogP contribution in [0.3, 0.4) is 0 Å². The lowest BCUT2D eigenvalue weighted by atomic mass is 9.98. The summed E-state index contributed by atoms with van der Waals surface area (Å²) >= 11 is 0. The molecule has 0 radical (unpaired) electrons. The van der Waals surface area contributed by atoms with Crippen LogP contribution >= 0.6 is 0 Å². The van der Waals surface area contributed by atoms with E-state index in [4.69, 9.17) is 28.4 Å². The van der Waals surface area contributed by atoms with Gasteiger partial charge in [-0.05, 0) is 32.1 Å². The van der Waals surface area contributed by atoms with E-state index in [9.17, 15) is 45.3 Å². The van der Waals surface area contributed by atoms with Crippen molar-refractivity contribution in [3.63, 3.8) is 0 Å². The smallest absolute Gasteiger partial charge is 0.306 e. The molecule has 2 aliphatic rings. The van der Waals surface area contributed by atoms with Crippen LogP contribution in [0.1, 0.15) is 194 Å². The van der Waals surface area contributed by atoms with E-state index in [0.717, 1.165) is 32.1 Å². The number of aliphatic hydroxyl groups excluding tert-OH is 7. The Morgan fingerprint density at radius 1 is 0.485 bits per heavy atom. The van der Waals surface area contributed by atoms with Crippen LogP contribution in [0.5, 0.6) is 0 Å². The quantitative estimate of drug-likeness (QED) is 0.0184. The van der Waals surface area contributed by atoms with Gasteiger partial charge in [-0.3, -0.25) is 9.59 Å². The summed E-state index contributed by atoms with van der Waals surface area (Å²) in [5.41, 5.74) is 0. The van der Waals surface area contributed by atoms with Gasteiger partial charge in [-0.1, -0.05) is 173 Å². The standard InChI is InChI=1S/C51H92O15/c1-3-5-7-9-11-13-15-17-18-19-20-22-23-25-27-29-31-33-42(53)61-36-39(64-43(54)34-32-30-28-26-24-21-16-14-12-10-8-6-4-2)37-62-50-49(60)47(58)45(56)41(66-50)38-63-51-48(59)46(57)44(55)40(35-52)65-51/h21,24,28,30,39-41,44-52,55-60H,3-20,22-23,25-27,29,31-38H2,1-2H3/b24-21+,30-28+/t39?,40-,41-,44+,45+,46?,47?,48?,49?,50-,51-/m1/s1. The van der Waals surface area contributed by atoms with Crippen LogP contribution in [0.25, 0.3) is 0 Å². The van der Waals surface area contributed by atoms with Crippen LogP contribution in [0.2, 0.25) is 0 Å². The van der Waals surface area contributed by atoms with Gasteiger partial charge in [-0.15, -0.1) is 0 Å². The number of carbonyl (C=O) groups is 2. The Balaban J connectivity index is 1.81. The molecule has 386 valence electrons. The second-order valence-electron chi connectivity index (χ2n) is 18.4. The summed E-state index contributed by atoms with van der Waals surface area (Å²) in [5, 5.41) is 72.0. The van der Waals surface area contributed by atoms with Gasteiger partial charge >= 0.3 is 11.9 Å². The molecule has 0 amide bonds. The predicted molar refractivity (Wildman–Crippen MR) is 252 cm³/mol. The Morgan fingerprint density at radius 3 is 1.47 bits per heavy atom. The second kappa shape index (κ2) is 38.8. The van der Waals surface area contributed by atoms with E-state index < -0.39 is 99.3 Å². The second-order valence-corrected chi connectivity index (χ2v) is 18.4. The van der Waals surface area contributed by atoms with Crippen LogP contribution in [-0.2, 0) is 38.0 Å². The number of unbranched alkanes of at least 4 members (excludes halogenated alkanes) is 22. The Kier molecular flexibility index (Phi) is 35.3. The number of carbonyl (C=O) groups excluding carboxylic acids is 2. The molecule has 0 aromatic rings. The molecule has 0 spiro atoms. The predicted octanol–water partition coefficient (Wildman–Crippen LogP) is 7.16. The molecule has 2 rings (SSSR count).